The van der Waals surface area contributed by atoms with Crippen LogP contribution in [0.1, 0.15) is 10.5 Å². The first-order valence-corrected chi connectivity index (χ1v) is 6.23. The van der Waals surface area contributed by atoms with E-state index in [1.54, 1.807) is 18.2 Å². The lowest BCUT2D eigenvalue weighted by Crippen LogP contribution is -2.20. The molecule has 1 aromatic carbocycles. The molecule has 8 heteroatoms. The number of anilines is 1. The van der Waals surface area contributed by atoms with Crippen LogP contribution >= 0.6 is 23.2 Å². The number of amides is 1. The molecular formula is C12H9Cl2N3O3. The molecule has 2 aromatic rings. The number of hydrogen-bond donors (Lipinski definition) is 2. The Balaban J connectivity index is 2.22. The van der Waals surface area contributed by atoms with Crippen LogP contribution in [0.2, 0.25) is 10.0 Å². The van der Waals surface area contributed by atoms with Crippen LogP contribution in [-0.4, -0.2) is 26.8 Å². The summed E-state index contributed by atoms with van der Waals surface area (Å²) in [7, 11) is 0. The number of benzene rings is 1. The number of halogens is 2. The van der Waals surface area contributed by atoms with Gasteiger partial charge in [0, 0.05) is 6.20 Å². The van der Waals surface area contributed by atoms with Gasteiger partial charge in [0.2, 0.25) is 0 Å². The summed E-state index contributed by atoms with van der Waals surface area (Å²) in [6, 6.07) is 6.23. The quantitative estimate of drug-likeness (QED) is 0.908. The number of aliphatic carboxylic acids is 1. The van der Waals surface area contributed by atoms with Gasteiger partial charge in [0.05, 0.1) is 15.7 Å². The summed E-state index contributed by atoms with van der Waals surface area (Å²) in [5.74, 6) is -1.61. The minimum atomic E-state index is -1.09. The van der Waals surface area contributed by atoms with Crippen molar-refractivity contribution in [2.45, 2.75) is 6.54 Å². The van der Waals surface area contributed by atoms with Crippen molar-refractivity contribution >= 4 is 40.8 Å². The Hall–Kier alpha value is -2.05. The maximum Gasteiger partial charge on any atom is 0.325 e. The molecule has 0 aliphatic heterocycles. The zero-order chi connectivity index (χ0) is 14.7. The van der Waals surface area contributed by atoms with Gasteiger partial charge < -0.3 is 10.4 Å². The molecule has 20 heavy (non-hydrogen) atoms. The second kappa shape index (κ2) is 5.94. The van der Waals surface area contributed by atoms with Gasteiger partial charge in [-0.1, -0.05) is 29.3 Å². The number of hydrogen-bond acceptors (Lipinski definition) is 3. The number of rotatable bonds is 4. The molecule has 0 radical (unpaired) electrons. The number of carboxylic acids is 1. The maximum atomic E-state index is 12.1. The summed E-state index contributed by atoms with van der Waals surface area (Å²) in [4.78, 5) is 22.7. The summed E-state index contributed by atoms with van der Waals surface area (Å²) in [5.41, 5.74) is 0.454. The molecule has 104 valence electrons. The number of carbonyl (C=O) groups is 2. The standard InChI is InChI=1S/C12H9Cl2N3O3/c13-7-2-1-3-8(11(7)14)16-12(20)9-4-5-15-17(9)6-10(18)19/h1-5H,6H2,(H,16,20)(H,18,19). The van der Waals surface area contributed by atoms with Crippen molar-refractivity contribution in [1.82, 2.24) is 9.78 Å². The first kappa shape index (κ1) is 14.4. The molecule has 1 heterocycles. The van der Waals surface area contributed by atoms with Crippen LogP contribution in [0.4, 0.5) is 5.69 Å². The first-order valence-electron chi connectivity index (χ1n) is 5.48. The predicted octanol–water partition coefficient (Wildman–Crippen LogP) is 2.53. The average molecular weight is 314 g/mol. The molecule has 0 atom stereocenters. The third-order valence-electron chi connectivity index (χ3n) is 2.43. The predicted molar refractivity (Wildman–Crippen MR) is 74.3 cm³/mol. The van der Waals surface area contributed by atoms with Crippen molar-refractivity contribution in [3.05, 3.63) is 46.2 Å². The third-order valence-corrected chi connectivity index (χ3v) is 3.25. The van der Waals surface area contributed by atoms with Gasteiger partial charge in [-0.15, -0.1) is 0 Å². The van der Waals surface area contributed by atoms with E-state index in [9.17, 15) is 9.59 Å². The van der Waals surface area contributed by atoms with Crippen molar-refractivity contribution in [2.75, 3.05) is 5.32 Å². The molecule has 0 saturated carbocycles. The van der Waals surface area contributed by atoms with E-state index in [0.717, 1.165) is 4.68 Å². The molecule has 0 fully saturated rings. The topological polar surface area (TPSA) is 84.2 Å². The smallest absolute Gasteiger partial charge is 0.325 e. The van der Waals surface area contributed by atoms with Crippen LogP contribution < -0.4 is 5.32 Å². The maximum absolute atomic E-state index is 12.1. The minimum Gasteiger partial charge on any atom is -0.480 e. The van der Waals surface area contributed by atoms with Gasteiger partial charge >= 0.3 is 5.97 Å². The Labute approximate surface area is 123 Å². The van der Waals surface area contributed by atoms with Gasteiger partial charge in [-0.2, -0.15) is 5.10 Å². The Morgan fingerprint density at radius 2 is 2.05 bits per heavy atom. The monoisotopic (exact) mass is 313 g/mol. The van der Waals surface area contributed by atoms with Crippen molar-refractivity contribution < 1.29 is 14.7 Å². The van der Waals surface area contributed by atoms with Crippen molar-refractivity contribution in [3.63, 3.8) is 0 Å². The fraction of sp³-hybridized carbons (Fsp3) is 0.0833. The Morgan fingerprint density at radius 1 is 1.30 bits per heavy atom. The van der Waals surface area contributed by atoms with Crippen LogP contribution in [0.3, 0.4) is 0 Å². The third kappa shape index (κ3) is 3.09. The molecule has 1 aromatic heterocycles. The van der Waals surface area contributed by atoms with Crippen molar-refractivity contribution in [3.8, 4) is 0 Å². The van der Waals surface area contributed by atoms with E-state index in [2.05, 4.69) is 10.4 Å². The van der Waals surface area contributed by atoms with Crippen LogP contribution in [-0.2, 0) is 11.3 Å². The normalized spacial score (nSPS) is 10.3. The van der Waals surface area contributed by atoms with E-state index < -0.39 is 18.4 Å². The molecule has 2 N–H and O–H groups in total. The molecule has 0 unspecified atom stereocenters. The molecule has 0 spiro atoms. The molecule has 1 amide bonds. The highest BCUT2D eigenvalue weighted by Crippen LogP contribution is 2.29. The summed E-state index contributed by atoms with van der Waals surface area (Å²) >= 11 is 11.8. The van der Waals surface area contributed by atoms with E-state index >= 15 is 0 Å². The SMILES string of the molecule is O=C(O)Cn1nccc1C(=O)Nc1cccc(Cl)c1Cl. The summed E-state index contributed by atoms with van der Waals surface area (Å²) < 4.78 is 1.08. The number of aromatic nitrogens is 2. The van der Waals surface area contributed by atoms with Gasteiger partial charge in [-0.3, -0.25) is 9.59 Å². The Morgan fingerprint density at radius 3 is 2.75 bits per heavy atom. The van der Waals surface area contributed by atoms with Gasteiger partial charge in [-0.25, -0.2) is 4.68 Å². The van der Waals surface area contributed by atoms with E-state index in [1.807, 2.05) is 0 Å². The Bertz CT molecular complexity index is 670. The largest absolute Gasteiger partial charge is 0.480 e. The van der Waals surface area contributed by atoms with Crippen molar-refractivity contribution in [1.29, 1.82) is 0 Å². The van der Waals surface area contributed by atoms with Gasteiger partial charge in [0.1, 0.15) is 12.2 Å². The molecule has 0 aliphatic rings. The first-order chi connectivity index (χ1) is 9.49. The summed E-state index contributed by atoms with van der Waals surface area (Å²) in [6.45, 7) is -0.404. The summed E-state index contributed by atoms with van der Waals surface area (Å²) in [5, 5.41) is 15.6. The zero-order valence-electron chi connectivity index (χ0n) is 10.0. The molecule has 0 bridgehead atoms. The van der Waals surface area contributed by atoms with Gasteiger partial charge in [0.25, 0.3) is 5.91 Å². The van der Waals surface area contributed by atoms with Crippen LogP contribution in [0.15, 0.2) is 30.5 Å². The fourth-order valence-corrected chi connectivity index (χ4v) is 1.91. The second-order valence-electron chi connectivity index (χ2n) is 3.82. The molecule has 0 aliphatic carbocycles. The molecule has 0 saturated heterocycles. The lowest BCUT2D eigenvalue weighted by atomic mass is 10.3. The highest BCUT2D eigenvalue weighted by molar-refractivity contribution is 6.44. The van der Waals surface area contributed by atoms with Crippen LogP contribution in [0.25, 0.3) is 0 Å². The highest BCUT2D eigenvalue weighted by atomic mass is 35.5. The second-order valence-corrected chi connectivity index (χ2v) is 4.61. The number of nitrogens with zero attached hydrogens (tertiary/aromatic N) is 2. The molecular weight excluding hydrogens is 305 g/mol. The molecule has 2 rings (SSSR count). The van der Waals surface area contributed by atoms with Gasteiger partial charge in [-0.05, 0) is 18.2 Å². The van der Waals surface area contributed by atoms with E-state index in [4.69, 9.17) is 28.3 Å². The van der Waals surface area contributed by atoms with Crippen LogP contribution in [0.5, 0.6) is 0 Å². The summed E-state index contributed by atoms with van der Waals surface area (Å²) in [6.07, 6.45) is 1.34. The number of carboxylic acid groups (broad SMARTS) is 1. The lowest BCUT2D eigenvalue weighted by molar-refractivity contribution is -0.137. The zero-order valence-corrected chi connectivity index (χ0v) is 11.5. The van der Waals surface area contributed by atoms with Crippen LogP contribution in [0, 0.1) is 0 Å². The van der Waals surface area contributed by atoms with E-state index in [0.29, 0.717) is 10.7 Å². The average Bonchev–Trinajstić information content (AvgIpc) is 2.82. The fourth-order valence-electron chi connectivity index (χ4n) is 1.57. The highest BCUT2D eigenvalue weighted by Gasteiger charge is 2.15. The van der Waals surface area contributed by atoms with E-state index in [-0.39, 0.29) is 10.7 Å². The lowest BCUT2D eigenvalue weighted by Gasteiger charge is -2.09. The van der Waals surface area contributed by atoms with Crippen molar-refractivity contribution in [2.24, 2.45) is 0 Å². The minimum absolute atomic E-state index is 0.114. The molecule has 6 nitrogen and oxygen atoms in total. The number of nitrogens with one attached hydrogen (secondary N) is 1. The van der Waals surface area contributed by atoms with E-state index in [1.165, 1.54) is 12.3 Å². The van der Waals surface area contributed by atoms with Gasteiger partial charge in [0.15, 0.2) is 0 Å². The number of carbonyl (C=O) groups excluding carboxylic acids is 1. The Kier molecular flexibility index (Phi) is 4.26.